The smallest absolute Gasteiger partial charge is 0.0716 e. The largest absolute Gasteiger partial charge is 0.393 e. The second-order valence-corrected chi connectivity index (χ2v) is 7.19. The van der Waals surface area contributed by atoms with Crippen LogP contribution in [0.4, 0.5) is 0 Å². The number of hydrogen-bond donors (Lipinski definition) is 1. The minimum absolute atomic E-state index is 0.140. The highest BCUT2D eigenvalue weighted by Gasteiger charge is 2.20. The van der Waals surface area contributed by atoms with Gasteiger partial charge < -0.3 is 14.6 Å². The SMILES string of the molecule is CC[C@@H](COC(C)(C)C)C(O)CCCCOCc1ccccc1. The van der Waals surface area contributed by atoms with Crippen LogP contribution in [0.5, 0.6) is 0 Å². The van der Waals surface area contributed by atoms with E-state index in [9.17, 15) is 5.11 Å². The van der Waals surface area contributed by atoms with Gasteiger partial charge in [0.2, 0.25) is 0 Å². The first-order valence-electron chi connectivity index (χ1n) is 8.86. The van der Waals surface area contributed by atoms with Gasteiger partial charge in [0.1, 0.15) is 0 Å². The van der Waals surface area contributed by atoms with Gasteiger partial charge >= 0.3 is 0 Å². The molecule has 0 heterocycles. The normalized spacial score (nSPS) is 14.7. The van der Waals surface area contributed by atoms with Crippen molar-refractivity contribution >= 4 is 0 Å². The monoisotopic (exact) mass is 322 g/mol. The van der Waals surface area contributed by atoms with Gasteiger partial charge in [-0.3, -0.25) is 0 Å². The van der Waals surface area contributed by atoms with E-state index in [1.165, 1.54) is 5.56 Å². The molecule has 1 aromatic carbocycles. The minimum atomic E-state index is -0.281. The Kier molecular flexibility index (Phi) is 9.46. The van der Waals surface area contributed by atoms with E-state index in [1.807, 2.05) is 18.2 Å². The summed E-state index contributed by atoms with van der Waals surface area (Å²) in [6.07, 6.45) is 3.46. The number of benzene rings is 1. The predicted molar refractivity (Wildman–Crippen MR) is 95.4 cm³/mol. The molecular formula is C20H34O3. The van der Waals surface area contributed by atoms with E-state index in [4.69, 9.17) is 9.47 Å². The van der Waals surface area contributed by atoms with Crippen LogP contribution in [0, 0.1) is 5.92 Å². The summed E-state index contributed by atoms with van der Waals surface area (Å²) < 4.78 is 11.5. The van der Waals surface area contributed by atoms with Crippen molar-refractivity contribution in [2.75, 3.05) is 13.2 Å². The van der Waals surface area contributed by atoms with Gasteiger partial charge in [-0.1, -0.05) is 37.3 Å². The third-order valence-corrected chi connectivity index (χ3v) is 3.95. The van der Waals surface area contributed by atoms with Crippen LogP contribution in [0.1, 0.15) is 58.9 Å². The Morgan fingerprint density at radius 1 is 1.09 bits per heavy atom. The number of unbranched alkanes of at least 4 members (excludes halogenated alkanes) is 1. The van der Waals surface area contributed by atoms with E-state index < -0.39 is 0 Å². The second kappa shape index (κ2) is 10.8. The molecule has 0 saturated carbocycles. The van der Waals surface area contributed by atoms with Crippen LogP contribution in [0.2, 0.25) is 0 Å². The maximum absolute atomic E-state index is 10.3. The van der Waals surface area contributed by atoms with Gasteiger partial charge in [0.25, 0.3) is 0 Å². The molecule has 132 valence electrons. The maximum atomic E-state index is 10.3. The van der Waals surface area contributed by atoms with Crippen molar-refractivity contribution in [1.82, 2.24) is 0 Å². The Labute approximate surface area is 142 Å². The van der Waals surface area contributed by atoms with Crippen molar-refractivity contribution in [1.29, 1.82) is 0 Å². The van der Waals surface area contributed by atoms with Crippen LogP contribution in [-0.4, -0.2) is 30.0 Å². The van der Waals surface area contributed by atoms with Gasteiger partial charge in [-0.05, 0) is 52.0 Å². The summed E-state index contributed by atoms with van der Waals surface area (Å²) in [7, 11) is 0. The second-order valence-electron chi connectivity index (χ2n) is 7.19. The molecule has 0 aliphatic carbocycles. The predicted octanol–water partition coefficient (Wildman–Crippen LogP) is 4.58. The molecule has 0 aromatic heterocycles. The number of ether oxygens (including phenoxy) is 2. The highest BCUT2D eigenvalue weighted by atomic mass is 16.5. The van der Waals surface area contributed by atoms with Gasteiger partial charge in [0, 0.05) is 12.5 Å². The highest BCUT2D eigenvalue weighted by Crippen LogP contribution is 2.18. The zero-order chi connectivity index (χ0) is 17.1. The fraction of sp³-hybridized carbons (Fsp3) is 0.700. The van der Waals surface area contributed by atoms with Crippen LogP contribution in [-0.2, 0) is 16.1 Å². The molecule has 0 saturated heterocycles. The van der Waals surface area contributed by atoms with Crippen LogP contribution in [0.15, 0.2) is 30.3 Å². The third-order valence-electron chi connectivity index (χ3n) is 3.95. The highest BCUT2D eigenvalue weighted by molar-refractivity contribution is 5.13. The lowest BCUT2D eigenvalue weighted by molar-refractivity contribution is -0.0505. The molecule has 0 spiro atoms. The summed E-state index contributed by atoms with van der Waals surface area (Å²) in [5, 5.41) is 10.3. The Hall–Kier alpha value is -0.900. The minimum Gasteiger partial charge on any atom is -0.393 e. The summed E-state index contributed by atoms with van der Waals surface area (Å²) in [5.74, 6) is 0.222. The lowest BCUT2D eigenvalue weighted by atomic mass is 9.96. The molecule has 1 rings (SSSR count). The molecule has 0 amide bonds. The van der Waals surface area contributed by atoms with E-state index >= 15 is 0 Å². The molecule has 1 unspecified atom stereocenters. The fourth-order valence-electron chi connectivity index (χ4n) is 2.42. The van der Waals surface area contributed by atoms with Crippen molar-refractivity contribution in [3.8, 4) is 0 Å². The van der Waals surface area contributed by atoms with Gasteiger partial charge in [-0.25, -0.2) is 0 Å². The summed E-state index contributed by atoms with van der Waals surface area (Å²) in [5.41, 5.74) is 1.07. The van der Waals surface area contributed by atoms with E-state index in [1.54, 1.807) is 0 Å². The average molecular weight is 322 g/mol. The first-order valence-corrected chi connectivity index (χ1v) is 8.86. The Balaban J connectivity index is 2.11. The standard InChI is InChI=1S/C20H34O3/c1-5-18(16-23-20(2,3)4)19(21)13-9-10-14-22-15-17-11-7-6-8-12-17/h6-8,11-12,18-19,21H,5,9-10,13-16H2,1-4H3/t18-,19?/m0/s1. The molecule has 3 heteroatoms. The van der Waals surface area contributed by atoms with E-state index in [0.717, 1.165) is 32.3 Å². The number of rotatable bonds is 11. The Bertz CT molecular complexity index is 397. The Morgan fingerprint density at radius 2 is 1.78 bits per heavy atom. The van der Waals surface area contributed by atoms with Gasteiger partial charge in [-0.15, -0.1) is 0 Å². The van der Waals surface area contributed by atoms with E-state index in [0.29, 0.717) is 13.2 Å². The molecule has 0 aliphatic rings. The lowest BCUT2D eigenvalue weighted by Crippen LogP contribution is -2.29. The Morgan fingerprint density at radius 3 is 2.39 bits per heavy atom. The molecule has 1 aromatic rings. The van der Waals surface area contributed by atoms with Gasteiger partial charge in [-0.2, -0.15) is 0 Å². The van der Waals surface area contributed by atoms with Crippen molar-refractivity contribution < 1.29 is 14.6 Å². The topological polar surface area (TPSA) is 38.7 Å². The number of aliphatic hydroxyl groups is 1. The lowest BCUT2D eigenvalue weighted by Gasteiger charge is -2.27. The third kappa shape index (κ3) is 9.75. The fourth-order valence-corrected chi connectivity index (χ4v) is 2.42. The first-order chi connectivity index (χ1) is 10.9. The average Bonchev–Trinajstić information content (AvgIpc) is 2.51. The van der Waals surface area contributed by atoms with Crippen molar-refractivity contribution in [3.63, 3.8) is 0 Å². The van der Waals surface area contributed by atoms with E-state index in [-0.39, 0.29) is 17.6 Å². The van der Waals surface area contributed by atoms with Crippen molar-refractivity contribution in [2.45, 2.75) is 71.7 Å². The maximum Gasteiger partial charge on any atom is 0.0716 e. The van der Waals surface area contributed by atoms with Crippen LogP contribution < -0.4 is 0 Å². The number of hydrogen-bond acceptors (Lipinski definition) is 3. The van der Waals surface area contributed by atoms with Crippen LogP contribution in [0.3, 0.4) is 0 Å². The van der Waals surface area contributed by atoms with E-state index in [2.05, 4.69) is 39.8 Å². The molecule has 0 radical (unpaired) electrons. The summed E-state index contributed by atoms with van der Waals surface area (Å²) in [4.78, 5) is 0. The van der Waals surface area contributed by atoms with Crippen molar-refractivity contribution in [2.24, 2.45) is 5.92 Å². The van der Waals surface area contributed by atoms with Gasteiger partial charge in [0.15, 0.2) is 0 Å². The number of aliphatic hydroxyl groups excluding tert-OH is 1. The molecule has 0 aliphatic heterocycles. The zero-order valence-electron chi connectivity index (χ0n) is 15.3. The molecule has 0 bridgehead atoms. The summed E-state index contributed by atoms with van der Waals surface area (Å²) in [6, 6.07) is 10.2. The van der Waals surface area contributed by atoms with Crippen LogP contribution in [0.25, 0.3) is 0 Å². The zero-order valence-corrected chi connectivity index (χ0v) is 15.3. The molecule has 3 nitrogen and oxygen atoms in total. The molecule has 0 fully saturated rings. The molecule has 2 atom stereocenters. The van der Waals surface area contributed by atoms with Gasteiger partial charge in [0.05, 0.1) is 24.9 Å². The molecular weight excluding hydrogens is 288 g/mol. The summed E-state index contributed by atoms with van der Waals surface area (Å²) in [6.45, 7) is 10.3. The molecule has 1 N–H and O–H groups in total. The van der Waals surface area contributed by atoms with Crippen LogP contribution >= 0.6 is 0 Å². The molecule has 23 heavy (non-hydrogen) atoms. The van der Waals surface area contributed by atoms with Crippen molar-refractivity contribution in [3.05, 3.63) is 35.9 Å². The quantitative estimate of drug-likeness (QED) is 0.606. The first kappa shape index (κ1) is 20.1. The summed E-state index contributed by atoms with van der Waals surface area (Å²) >= 11 is 0.